The molecule has 3 heterocycles. The van der Waals surface area contributed by atoms with E-state index in [4.69, 9.17) is 0 Å². The highest BCUT2D eigenvalue weighted by Crippen LogP contribution is 2.25. The Morgan fingerprint density at radius 3 is 2.58 bits per heavy atom. The van der Waals surface area contributed by atoms with Gasteiger partial charge in [0.25, 0.3) is 11.8 Å². The molecule has 6 rings (SSSR count). The van der Waals surface area contributed by atoms with Gasteiger partial charge in [-0.2, -0.15) is 0 Å². The molecular weight excluding hydrogens is 484 g/mol. The van der Waals surface area contributed by atoms with Crippen molar-refractivity contribution in [2.24, 2.45) is 0 Å². The molecule has 38 heavy (non-hydrogen) atoms. The zero-order chi connectivity index (χ0) is 26.2. The van der Waals surface area contributed by atoms with E-state index in [0.717, 1.165) is 21.9 Å². The van der Waals surface area contributed by atoms with E-state index in [2.05, 4.69) is 25.6 Å². The van der Waals surface area contributed by atoms with Crippen molar-refractivity contribution in [3.63, 3.8) is 0 Å². The first-order chi connectivity index (χ1) is 18.4. The van der Waals surface area contributed by atoms with E-state index >= 15 is 0 Å². The lowest BCUT2D eigenvalue weighted by atomic mass is 9.99. The maximum Gasteiger partial charge on any atom is 0.407 e. The van der Waals surface area contributed by atoms with E-state index in [1.165, 1.54) is 4.90 Å². The summed E-state index contributed by atoms with van der Waals surface area (Å²) < 4.78 is 0. The van der Waals surface area contributed by atoms with Crippen molar-refractivity contribution >= 4 is 51.3 Å². The summed E-state index contributed by atoms with van der Waals surface area (Å²) in [4.78, 5) is 50.4. The second kappa shape index (κ2) is 9.32. The van der Waals surface area contributed by atoms with Gasteiger partial charge >= 0.3 is 6.09 Å². The lowest BCUT2D eigenvalue weighted by Gasteiger charge is -2.26. The van der Waals surface area contributed by atoms with Gasteiger partial charge in [0, 0.05) is 30.4 Å². The van der Waals surface area contributed by atoms with Crippen LogP contribution in [0.25, 0.3) is 21.8 Å². The van der Waals surface area contributed by atoms with Gasteiger partial charge < -0.3 is 20.3 Å². The zero-order valence-electron chi connectivity index (χ0n) is 20.1. The van der Waals surface area contributed by atoms with Gasteiger partial charge in [-0.05, 0) is 53.3 Å². The number of pyridine rings is 1. The minimum atomic E-state index is -0.941. The molecule has 10 heteroatoms. The lowest BCUT2D eigenvalue weighted by molar-refractivity contribution is 0.101. The molecule has 5 aromatic rings. The fourth-order valence-corrected chi connectivity index (χ4v) is 4.65. The molecule has 1 aliphatic rings. The quantitative estimate of drug-likeness (QED) is 0.280. The number of hydrogen-bond acceptors (Lipinski definition) is 5. The van der Waals surface area contributed by atoms with Gasteiger partial charge in [0.15, 0.2) is 0 Å². The van der Waals surface area contributed by atoms with Crippen LogP contribution in [0.3, 0.4) is 0 Å². The molecule has 3 amide bonds. The average Bonchev–Trinajstić information content (AvgIpc) is 3.34. The minimum Gasteiger partial charge on any atom is -0.465 e. The Bertz CT molecular complexity index is 1740. The molecule has 0 spiro atoms. The second-order valence-corrected chi connectivity index (χ2v) is 9.05. The van der Waals surface area contributed by atoms with Gasteiger partial charge in [-0.1, -0.05) is 36.4 Å². The third-order valence-corrected chi connectivity index (χ3v) is 6.60. The number of nitrogens with one attached hydrogen (secondary N) is 3. The summed E-state index contributed by atoms with van der Waals surface area (Å²) in [6.45, 7) is 0.740. The van der Waals surface area contributed by atoms with E-state index in [-0.39, 0.29) is 17.5 Å². The van der Waals surface area contributed by atoms with E-state index in [9.17, 15) is 19.5 Å². The maximum absolute atomic E-state index is 13.2. The van der Waals surface area contributed by atoms with Crippen molar-refractivity contribution in [2.45, 2.75) is 13.0 Å². The van der Waals surface area contributed by atoms with Crippen LogP contribution >= 0.6 is 0 Å². The van der Waals surface area contributed by atoms with Crippen molar-refractivity contribution in [3.8, 4) is 0 Å². The molecule has 0 radical (unpaired) electrons. The van der Waals surface area contributed by atoms with Gasteiger partial charge in [-0.25, -0.2) is 9.78 Å². The van der Waals surface area contributed by atoms with Crippen molar-refractivity contribution < 1.29 is 19.5 Å². The summed E-state index contributed by atoms with van der Waals surface area (Å²) in [6.07, 6.45) is 1.29. The van der Waals surface area contributed by atoms with Crippen LogP contribution in [0.4, 0.5) is 16.4 Å². The summed E-state index contributed by atoms with van der Waals surface area (Å²) >= 11 is 0. The zero-order valence-corrected chi connectivity index (χ0v) is 20.1. The Morgan fingerprint density at radius 1 is 0.895 bits per heavy atom. The average molecular weight is 507 g/mol. The van der Waals surface area contributed by atoms with Crippen LogP contribution in [-0.2, 0) is 13.0 Å². The van der Waals surface area contributed by atoms with Gasteiger partial charge in [0.2, 0.25) is 5.95 Å². The standard InChI is InChI=1S/C28H22N6O4/c35-25(30-20-9-8-19-15-34(28(37)38)11-10-17(19)12-20)21-6-3-7-22-24(21)32-27(31-22)33-26(36)23-13-16-4-1-2-5-18(16)14-29-23/h1-9,12-14H,10-11,15H2,(H,30,35)(H,37,38)(H2,31,32,33,36). The predicted molar refractivity (Wildman–Crippen MR) is 142 cm³/mol. The summed E-state index contributed by atoms with van der Waals surface area (Å²) in [5.41, 5.74) is 4.15. The highest BCUT2D eigenvalue weighted by molar-refractivity contribution is 6.12. The van der Waals surface area contributed by atoms with Crippen LogP contribution < -0.4 is 10.6 Å². The number of fused-ring (bicyclic) bond motifs is 3. The molecular formula is C28H22N6O4. The van der Waals surface area contributed by atoms with Gasteiger partial charge in [-0.3, -0.25) is 19.9 Å². The number of nitrogens with zero attached hydrogens (tertiary/aromatic N) is 3. The highest BCUT2D eigenvalue weighted by Gasteiger charge is 2.21. The molecule has 1 aliphatic heterocycles. The van der Waals surface area contributed by atoms with Crippen molar-refractivity contribution in [1.82, 2.24) is 19.9 Å². The fraction of sp³-hybridized carbons (Fsp3) is 0.107. The first-order valence-electron chi connectivity index (χ1n) is 12.0. The summed E-state index contributed by atoms with van der Waals surface area (Å²) in [6, 6.07) is 20.0. The Morgan fingerprint density at radius 2 is 1.74 bits per heavy atom. The SMILES string of the molecule is O=C(Nc1nc2c(C(=O)Nc3ccc4c(c3)CCN(C(=O)O)C4)cccc2[nH]1)c1cc2ccccc2cn1. The molecule has 10 nitrogen and oxygen atoms in total. The highest BCUT2D eigenvalue weighted by atomic mass is 16.4. The number of para-hydroxylation sites is 1. The number of rotatable bonds is 4. The molecule has 0 fully saturated rings. The van der Waals surface area contributed by atoms with E-state index in [0.29, 0.717) is 41.8 Å². The summed E-state index contributed by atoms with van der Waals surface area (Å²) in [7, 11) is 0. The number of anilines is 2. The summed E-state index contributed by atoms with van der Waals surface area (Å²) in [5.74, 6) is -0.563. The Labute approximate surface area is 216 Å². The fourth-order valence-electron chi connectivity index (χ4n) is 4.65. The van der Waals surface area contributed by atoms with Gasteiger partial charge in [0.1, 0.15) is 11.2 Å². The Balaban J connectivity index is 1.21. The number of imidazole rings is 1. The van der Waals surface area contributed by atoms with Crippen LogP contribution in [0, 0.1) is 0 Å². The van der Waals surface area contributed by atoms with Gasteiger partial charge in [-0.15, -0.1) is 0 Å². The third-order valence-electron chi connectivity index (χ3n) is 6.60. The maximum atomic E-state index is 13.2. The number of benzene rings is 3. The molecule has 0 saturated heterocycles. The van der Waals surface area contributed by atoms with Crippen LogP contribution in [0.15, 0.2) is 72.9 Å². The normalized spacial score (nSPS) is 12.8. The molecule has 0 unspecified atom stereocenters. The van der Waals surface area contributed by atoms with Crippen LogP contribution in [0.2, 0.25) is 0 Å². The number of H-pyrrole nitrogens is 1. The third kappa shape index (κ3) is 4.39. The number of aromatic nitrogens is 3. The second-order valence-electron chi connectivity index (χ2n) is 9.05. The largest absolute Gasteiger partial charge is 0.465 e. The van der Waals surface area contributed by atoms with Crippen LogP contribution in [0.5, 0.6) is 0 Å². The molecule has 0 saturated carbocycles. The van der Waals surface area contributed by atoms with Crippen LogP contribution in [-0.4, -0.2) is 49.4 Å². The molecule has 0 atom stereocenters. The van der Waals surface area contributed by atoms with Gasteiger partial charge in [0.05, 0.1) is 11.1 Å². The number of carboxylic acid groups (broad SMARTS) is 1. The molecule has 188 valence electrons. The molecule has 3 aromatic carbocycles. The first kappa shape index (κ1) is 23.2. The smallest absolute Gasteiger partial charge is 0.407 e. The number of carbonyl (C=O) groups is 3. The Hall–Kier alpha value is -5.25. The van der Waals surface area contributed by atoms with E-state index < -0.39 is 12.0 Å². The molecule has 0 aliphatic carbocycles. The summed E-state index contributed by atoms with van der Waals surface area (Å²) in [5, 5.41) is 16.7. The first-order valence-corrected chi connectivity index (χ1v) is 12.0. The predicted octanol–water partition coefficient (Wildman–Crippen LogP) is 4.65. The monoisotopic (exact) mass is 506 g/mol. The van der Waals surface area contributed by atoms with Crippen molar-refractivity contribution in [2.75, 3.05) is 17.2 Å². The number of hydrogen-bond donors (Lipinski definition) is 4. The van der Waals surface area contributed by atoms with Crippen molar-refractivity contribution in [3.05, 3.63) is 95.3 Å². The number of aromatic amines is 1. The molecule has 4 N–H and O–H groups in total. The minimum absolute atomic E-state index is 0.206. The Kier molecular flexibility index (Phi) is 5.68. The number of carbonyl (C=O) groups excluding carboxylic acids is 2. The van der Waals surface area contributed by atoms with Crippen LogP contribution in [0.1, 0.15) is 32.0 Å². The van der Waals surface area contributed by atoms with E-state index in [1.54, 1.807) is 36.5 Å². The molecule has 2 aromatic heterocycles. The topological polar surface area (TPSA) is 140 Å². The number of amides is 3. The van der Waals surface area contributed by atoms with E-state index in [1.807, 2.05) is 36.4 Å². The lowest BCUT2D eigenvalue weighted by Crippen LogP contribution is -2.34. The van der Waals surface area contributed by atoms with Crippen molar-refractivity contribution in [1.29, 1.82) is 0 Å². The molecule has 0 bridgehead atoms.